The van der Waals surface area contributed by atoms with Crippen LogP contribution in [0.3, 0.4) is 0 Å². The van der Waals surface area contributed by atoms with E-state index in [2.05, 4.69) is 20.3 Å². The van der Waals surface area contributed by atoms with Crippen LogP contribution >= 0.6 is 11.3 Å². The first-order valence-electron chi connectivity index (χ1n) is 6.86. The molecule has 2 N–H and O–H groups in total. The minimum Gasteiger partial charge on any atom is -0.430 e. The average molecular weight is 368 g/mol. The molecule has 0 amide bonds. The Balaban J connectivity index is 1.75. The van der Waals surface area contributed by atoms with E-state index in [1.807, 2.05) is 0 Å². The smallest absolute Gasteiger partial charge is 0.430 e. The minimum atomic E-state index is -4.54. The zero-order valence-electron chi connectivity index (χ0n) is 12.7. The number of benzene rings is 1. The van der Waals surface area contributed by atoms with Gasteiger partial charge >= 0.3 is 6.18 Å². The van der Waals surface area contributed by atoms with Crippen molar-refractivity contribution in [1.82, 2.24) is 19.9 Å². The second-order valence-electron chi connectivity index (χ2n) is 4.88. The molecule has 130 valence electrons. The first-order valence-corrected chi connectivity index (χ1v) is 7.67. The number of hydrogen-bond donors (Lipinski definition) is 1. The summed E-state index contributed by atoms with van der Waals surface area (Å²) in [6.45, 7) is 1.79. The molecule has 1 aromatic carbocycles. The average Bonchev–Trinajstić information content (AvgIpc) is 3.12. The second kappa shape index (κ2) is 6.51. The summed E-state index contributed by atoms with van der Waals surface area (Å²) in [7, 11) is 0. The lowest BCUT2D eigenvalue weighted by atomic mass is 10.2. The Morgan fingerprint density at radius 1 is 1.32 bits per heavy atom. The zero-order valence-corrected chi connectivity index (χ0v) is 13.5. The van der Waals surface area contributed by atoms with Crippen molar-refractivity contribution >= 4 is 23.5 Å². The van der Waals surface area contributed by atoms with E-state index in [9.17, 15) is 13.2 Å². The van der Waals surface area contributed by atoms with Gasteiger partial charge in [0.25, 0.3) is 5.19 Å². The Morgan fingerprint density at radius 2 is 2.12 bits per heavy atom. The van der Waals surface area contributed by atoms with Crippen LogP contribution < -0.4 is 10.5 Å². The van der Waals surface area contributed by atoms with Crippen LogP contribution in [0.25, 0.3) is 0 Å². The van der Waals surface area contributed by atoms with Gasteiger partial charge in [-0.25, -0.2) is 9.66 Å². The number of nitrogens with two attached hydrogens (primary N) is 1. The number of aromatic nitrogens is 4. The molecule has 11 heteroatoms. The van der Waals surface area contributed by atoms with Gasteiger partial charge in [-0.05, 0) is 24.6 Å². The Bertz CT molecular complexity index is 917. The molecule has 0 bridgehead atoms. The van der Waals surface area contributed by atoms with Crippen molar-refractivity contribution in [3.05, 3.63) is 46.7 Å². The molecule has 2 heterocycles. The standard InChI is InChI=1S/C14H11F3N6OS/c1-8-7-23(12(18)20-8)19-6-9-3-2-4-10(5-9)24-13-22-21-11(25-13)14(15,16)17/h2-7H,1H3,(H2,18,20). The quantitative estimate of drug-likeness (QED) is 0.714. The van der Waals surface area contributed by atoms with E-state index < -0.39 is 11.2 Å². The lowest BCUT2D eigenvalue weighted by Crippen LogP contribution is -2.03. The number of imidazole rings is 1. The van der Waals surface area contributed by atoms with Crippen molar-refractivity contribution in [3.63, 3.8) is 0 Å². The van der Waals surface area contributed by atoms with E-state index in [1.165, 1.54) is 10.9 Å². The molecule has 0 aliphatic heterocycles. The van der Waals surface area contributed by atoms with Crippen LogP contribution in [0.4, 0.5) is 19.1 Å². The number of nitrogens with zero attached hydrogens (tertiary/aromatic N) is 5. The predicted molar refractivity (Wildman–Crippen MR) is 85.8 cm³/mol. The Hall–Kier alpha value is -2.95. The van der Waals surface area contributed by atoms with Gasteiger partial charge in [0.2, 0.25) is 11.0 Å². The van der Waals surface area contributed by atoms with Gasteiger partial charge in [-0.1, -0.05) is 28.6 Å². The third-order valence-corrected chi connectivity index (χ3v) is 3.72. The summed E-state index contributed by atoms with van der Waals surface area (Å²) in [6, 6.07) is 6.60. The van der Waals surface area contributed by atoms with Crippen molar-refractivity contribution in [3.8, 4) is 10.9 Å². The summed E-state index contributed by atoms with van der Waals surface area (Å²) >= 11 is 0.323. The maximum Gasteiger partial charge on any atom is 0.445 e. The predicted octanol–water partition coefficient (Wildman–Crippen LogP) is 3.32. The zero-order chi connectivity index (χ0) is 18.0. The number of halogens is 3. The number of ether oxygens (including phenoxy) is 1. The highest BCUT2D eigenvalue weighted by Gasteiger charge is 2.36. The third-order valence-electron chi connectivity index (χ3n) is 2.88. The van der Waals surface area contributed by atoms with E-state index in [0.717, 1.165) is 5.69 Å². The molecule has 3 aromatic rings. The van der Waals surface area contributed by atoms with E-state index in [1.54, 1.807) is 37.4 Å². The molecule has 0 aliphatic carbocycles. The first-order chi connectivity index (χ1) is 11.8. The van der Waals surface area contributed by atoms with Gasteiger partial charge in [-0.2, -0.15) is 18.3 Å². The molecule has 0 aliphatic rings. The van der Waals surface area contributed by atoms with Crippen LogP contribution in [0.15, 0.2) is 35.6 Å². The normalized spacial score (nSPS) is 12.0. The van der Waals surface area contributed by atoms with E-state index in [0.29, 0.717) is 22.6 Å². The van der Waals surface area contributed by atoms with Gasteiger partial charge in [0.15, 0.2) is 0 Å². The molecule has 0 saturated carbocycles. The van der Waals surface area contributed by atoms with Crippen LogP contribution in [-0.4, -0.2) is 26.1 Å². The van der Waals surface area contributed by atoms with Gasteiger partial charge in [0, 0.05) is 0 Å². The van der Waals surface area contributed by atoms with Crippen molar-refractivity contribution in [2.75, 3.05) is 5.73 Å². The summed E-state index contributed by atoms with van der Waals surface area (Å²) in [5.74, 6) is 0.554. The molecule has 0 fully saturated rings. The molecule has 7 nitrogen and oxygen atoms in total. The Kier molecular flexibility index (Phi) is 4.40. The fourth-order valence-electron chi connectivity index (χ4n) is 1.85. The number of aryl methyl sites for hydroxylation is 1. The Labute approximate surface area is 143 Å². The van der Waals surface area contributed by atoms with Crippen molar-refractivity contribution in [2.24, 2.45) is 5.10 Å². The molecule has 0 radical (unpaired) electrons. The molecular formula is C14H11F3N6OS. The molecule has 3 rings (SSSR count). The Morgan fingerprint density at radius 3 is 2.76 bits per heavy atom. The van der Waals surface area contributed by atoms with Gasteiger partial charge in [0.1, 0.15) is 5.75 Å². The fourth-order valence-corrected chi connectivity index (χ4v) is 2.43. The van der Waals surface area contributed by atoms with Gasteiger partial charge < -0.3 is 10.5 Å². The molecule has 0 atom stereocenters. The summed E-state index contributed by atoms with van der Waals surface area (Å²) < 4.78 is 44.3. The number of hydrogen-bond acceptors (Lipinski definition) is 7. The molecule has 0 saturated heterocycles. The first kappa shape index (κ1) is 16.9. The molecule has 0 spiro atoms. The maximum atomic E-state index is 12.5. The highest BCUT2D eigenvalue weighted by molar-refractivity contribution is 7.13. The van der Waals surface area contributed by atoms with Crippen LogP contribution in [0.1, 0.15) is 16.3 Å². The van der Waals surface area contributed by atoms with Gasteiger partial charge in [0.05, 0.1) is 18.1 Å². The van der Waals surface area contributed by atoms with Crippen LogP contribution in [-0.2, 0) is 6.18 Å². The van der Waals surface area contributed by atoms with Crippen LogP contribution in [0.2, 0.25) is 0 Å². The molecular weight excluding hydrogens is 357 g/mol. The van der Waals surface area contributed by atoms with Gasteiger partial charge in [-0.15, -0.1) is 5.10 Å². The number of alkyl halides is 3. The SMILES string of the molecule is Cc1cn(N=Cc2cccc(Oc3nnc(C(F)(F)F)s3)c2)c(N)n1. The highest BCUT2D eigenvalue weighted by Crippen LogP contribution is 2.35. The van der Waals surface area contributed by atoms with E-state index in [-0.39, 0.29) is 11.1 Å². The van der Waals surface area contributed by atoms with Gasteiger partial charge in [-0.3, -0.25) is 0 Å². The fraction of sp³-hybridized carbons (Fsp3) is 0.143. The minimum absolute atomic E-state index is 0.198. The number of rotatable bonds is 4. The summed E-state index contributed by atoms with van der Waals surface area (Å²) in [4.78, 5) is 4.02. The number of anilines is 1. The van der Waals surface area contributed by atoms with Crippen molar-refractivity contribution in [1.29, 1.82) is 0 Å². The maximum absolute atomic E-state index is 12.5. The topological polar surface area (TPSA) is 91.2 Å². The second-order valence-corrected chi connectivity index (χ2v) is 5.82. The summed E-state index contributed by atoms with van der Waals surface area (Å²) in [6.07, 6.45) is -1.37. The van der Waals surface area contributed by atoms with Crippen LogP contribution in [0, 0.1) is 6.92 Å². The monoisotopic (exact) mass is 368 g/mol. The summed E-state index contributed by atoms with van der Waals surface area (Å²) in [5, 5.41) is 9.34. The molecule has 25 heavy (non-hydrogen) atoms. The highest BCUT2D eigenvalue weighted by atomic mass is 32.1. The summed E-state index contributed by atoms with van der Waals surface area (Å²) in [5.41, 5.74) is 7.06. The van der Waals surface area contributed by atoms with Crippen molar-refractivity contribution in [2.45, 2.75) is 13.1 Å². The molecule has 2 aromatic heterocycles. The molecule has 0 unspecified atom stereocenters. The van der Waals surface area contributed by atoms with E-state index in [4.69, 9.17) is 10.5 Å². The lowest BCUT2D eigenvalue weighted by Gasteiger charge is -2.02. The van der Waals surface area contributed by atoms with Crippen LogP contribution in [0.5, 0.6) is 10.9 Å². The van der Waals surface area contributed by atoms with E-state index >= 15 is 0 Å². The lowest BCUT2D eigenvalue weighted by molar-refractivity contribution is -0.138. The van der Waals surface area contributed by atoms with Crippen molar-refractivity contribution < 1.29 is 17.9 Å². The largest absolute Gasteiger partial charge is 0.445 e. The third kappa shape index (κ3) is 4.12. The number of nitrogen functional groups attached to an aromatic ring is 1.